The third-order valence-electron chi connectivity index (χ3n) is 3.80. The van der Waals surface area contributed by atoms with E-state index in [0.717, 1.165) is 27.8 Å². The van der Waals surface area contributed by atoms with E-state index in [9.17, 15) is 9.59 Å². The first-order valence-corrected chi connectivity index (χ1v) is 7.85. The first-order valence-electron chi connectivity index (χ1n) is 7.85. The van der Waals surface area contributed by atoms with E-state index in [4.69, 9.17) is 5.73 Å². The highest BCUT2D eigenvalue weighted by Gasteiger charge is 2.15. The molecule has 2 aromatic carbocycles. The average molecular weight is 325 g/mol. The number of hydrogen-bond acceptors (Lipinski definition) is 3. The molecule has 24 heavy (non-hydrogen) atoms. The van der Waals surface area contributed by atoms with Crippen LogP contribution < -0.4 is 16.4 Å². The first-order chi connectivity index (χ1) is 11.4. The monoisotopic (exact) mass is 325 g/mol. The first kappa shape index (κ1) is 17.7. The van der Waals surface area contributed by atoms with Crippen molar-refractivity contribution in [3.05, 3.63) is 64.2 Å². The Morgan fingerprint density at radius 1 is 0.958 bits per heavy atom. The number of aryl methyl sites for hydroxylation is 3. The van der Waals surface area contributed by atoms with Gasteiger partial charge < -0.3 is 16.4 Å². The molecule has 126 valence electrons. The second kappa shape index (κ2) is 7.75. The molecule has 5 heteroatoms. The topological polar surface area (TPSA) is 84.2 Å². The van der Waals surface area contributed by atoms with E-state index in [1.807, 2.05) is 57.2 Å². The lowest BCUT2D eigenvalue weighted by atomic mass is 10.1. The van der Waals surface area contributed by atoms with E-state index >= 15 is 0 Å². The van der Waals surface area contributed by atoms with E-state index in [2.05, 4.69) is 10.6 Å². The Kier molecular flexibility index (Phi) is 5.71. The van der Waals surface area contributed by atoms with Crippen LogP contribution in [0.4, 0.5) is 5.69 Å². The predicted octanol–water partition coefficient (Wildman–Crippen LogP) is 2.33. The van der Waals surface area contributed by atoms with Crippen molar-refractivity contribution in [2.75, 3.05) is 5.32 Å². The maximum absolute atomic E-state index is 12.1. The zero-order valence-corrected chi connectivity index (χ0v) is 14.3. The second-order valence-electron chi connectivity index (χ2n) is 5.93. The smallest absolute Gasteiger partial charge is 0.313 e. The molecule has 0 saturated heterocycles. The lowest BCUT2D eigenvalue weighted by molar-refractivity contribution is -0.136. The van der Waals surface area contributed by atoms with Crippen molar-refractivity contribution in [1.29, 1.82) is 0 Å². The fraction of sp³-hybridized carbons (Fsp3) is 0.263. The molecule has 0 aliphatic rings. The van der Waals surface area contributed by atoms with Crippen molar-refractivity contribution in [3.8, 4) is 0 Å². The van der Waals surface area contributed by atoms with Gasteiger partial charge in [-0.3, -0.25) is 9.59 Å². The van der Waals surface area contributed by atoms with Crippen LogP contribution in [0.25, 0.3) is 0 Å². The number of benzene rings is 2. The summed E-state index contributed by atoms with van der Waals surface area (Å²) < 4.78 is 0. The van der Waals surface area contributed by atoms with Crippen LogP contribution in [0.3, 0.4) is 0 Å². The number of hydrogen-bond donors (Lipinski definition) is 3. The molecule has 0 spiro atoms. The Balaban J connectivity index is 1.99. The molecule has 2 amide bonds. The molecule has 0 aliphatic carbocycles. The lowest BCUT2D eigenvalue weighted by Crippen LogP contribution is -2.35. The van der Waals surface area contributed by atoms with Crippen LogP contribution in [-0.4, -0.2) is 11.8 Å². The van der Waals surface area contributed by atoms with Crippen LogP contribution >= 0.6 is 0 Å². The fourth-order valence-electron chi connectivity index (χ4n) is 2.68. The molecule has 0 fully saturated rings. The van der Waals surface area contributed by atoms with Gasteiger partial charge in [-0.05, 0) is 43.0 Å². The van der Waals surface area contributed by atoms with Crippen LogP contribution in [0.15, 0.2) is 36.4 Å². The Morgan fingerprint density at radius 3 is 2.21 bits per heavy atom. The predicted molar refractivity (Wildman–Crippen MR) is 95.5 cm³/mol. The molecule has 0 aliphatic heterocycles. The van der Waals surface area contributed by atoms with Crippen LogP contribution in [0, 0.1) is 20.8 Å². The lowest BCUT2D eigenvalue weighted by Gasteiger charge is -2.13. The normalized spacial score (nSPS) is 10.3. The summed E-state index contributed by atoms with van der Waals surface area (Å²) in [5.41, 5.74) is 11.2. The summed E-state index contributed by atoms with van der Waals surface area (Å²) in [5, 5.41) is 5.32. The largest absolute Gasteiger partial charge is 0.344 e. The zero-order chi connectivity index (χ0) is 17.7. The highest BCUT2D eigenvalue weighted by Crippen LogP contribution is 2.21. The van der Waals surface area contributed by atoms with Gasteiger partial charge in [0.05, 0.1) is 0 Å². The van der Waals surface area contributed by atoms with Gasteiger partial charge in [0.1, 0.15) is 0 Å². The van der Waals surface area contributed by atoms with Gasteiger partial charge in [-0.1, -0.05) is 42.0 Å². The molecule has 0 saturated carbocycles. The number of carbonyl (C=O) groups excluding carboxylic acids is 2. The summed E-state index contributed by atoms with van der Waals surface area (Å²) in [5.74, 6) is -1.33. The molecular formula is C19H23N3O2. The number of nitrogens with one attached hydrogen (secondary N) is 2. The molecule has 0 bridgehead atoms. The Morgan fingerprint density at radius 2 is 1.58 bits per heavy atom. The molecule has 0 heterocycles. The number of amides is 2. The average Bonchev–Trinajstić information content (AvgIpc) is 2.55. The van der Waals surface area contributed by atoms with Crippen molar-refractivity contribution < 1.29 is 9.59 Å². The SMILES string of the molecule is Cc1cc(C)c(NC(=O)C(=O)NCc2cccc(CN)c2)c(C)c1. The minimum atomic E-state index is -0.667. The summed E-state index contributed by atoms with van der Waals surface area (Å²) in [4.78, 5) is 24.1. The summed E-state index contributed by atoms with van der Waals surface area (Å²) in [6.07, 6.45) is 0. The fourth-order valence-corrected chi connectivity index (χ4v) is 2.68. The van der Waals surface area contributed by atoms with E-state index in [-0.39, 0.29) is 6.54 Å². The molecule has 0 aromatic heterocycles. The Bertz CT molecular complexity index is 746. The van der Waals surface area contributed by atoms with Gasteiger partial charge in [-0.2, -0.15) is 0 Å². The summed E-state index contributed by atoms with van der Waals surface area (Å²) in [6, 6.07) is 11.5. The maximum atomic E-state index is 12.1. The van der Waals surface area contributed by atoms with Crippen LogP contribution in [0.5, 0.6) is 0 Å². The molecule has 0 unspecified atom stereocenters. The van der Waals surface area contributed by atoms with E-state index in [0.29, 0.717) is 12.2 Å². The molecular weight excluding hydrogens is 302 g/mol. The van der Waals surface area contributed by atoms with Crippen LogP contribution in [0.1, 0.15) is 27.8 Å². The standard InChI is InChI=1S/C19H23N3O2/c1-12-7-13(2)17(14(3)8-12)22-19(24)18(23)21-11-16-6-4-5-15(9-16)10-20/h4-9H,10-11,20H2,1-3H3,(H,21,23)(H,22,24). The summed E-state index contributed by atoms with van der Waals surface area (Å²) in [6.45, 7) is 6.53. The number of rotatable bonds is 4. The molecule has 0 radical (unpaired) electrons. The van der Waals surface area contributed by atoms with Crippen molar-refractivity contribution in [3.63, 3.8) is 0 Å². The van der Waals surface area contributed by atoms with Gasteiger partial charge in [-0.25, -0.2) is 0 Å². The quantitative estimate of drug-likeness (QED) is 0.754. The second-order valence-corrected chi connectivity index (χ2v) is 5.93. The number of anilines is 1. The van der Waals surface area contributed by atoms with Crippen LogP contribution in [0.2, 0.25) is 0 Å². The van der Waals surface area contributed by atoms with E-state index in [1.165, 1.54) is 0 Å². The van der Waals surface area contributed by atoms with Gasteiger partial charge >= 0.3 is 11.8 Å². The maximum Gasteiger partial charge on any atom is 0.313 e. The number of nitrogens with two attached hydrogens (primary N) is 1. The van der Waals surface area contributed by atoms with Gasteiger partial charge in [0, 0.05) is 18.8 Å². The molecule has 0 atom stereocenters. The molecule has 2 aromatic rings. The van der Waals surface area contributed by atoms with Crippen molar-refractivity contribution in [2.45, 2.75) is 33.9 Å². The highest BCUT2D eigenvalue weighted by molar-refractivity contribution is 6.39. The molecule has 4 N–H and O–H groups in total. The van der Waals surface area contributed by atoms with Crippen LogP contribution in [-0.2, 0) is 22.7 Å². The van der Waals surface area contributed by atoms with Gasteiger partial charge in [0.15, 0.2) is 0 Å². The van der Waals surface area contributed by atoms with E-state index < -0.39 is 11.8 Å². The van der Waals surface area contributed by atoms with Gasteiger partial charge in [0.2, 0.25) is 0 Å². The highest BCUT2D eigenvalue weighted by atomic mass is 16.2. The number of carbonyl (C=O) groups is 2. The minimum Gasteiger partial charge on any atom is -0.344 e. The molecule has 2 rings (SSSR count). The van der Waals surface area contributed by atoms with Gasteiger partial charge in [-0.15, -0.1) is 0 Å². The summed E-state index contributed by atoms with van der Waals surface area (Å²) >= 11 is 0. The minimum absolute atomic E-state index is 0.284. The van der Waals surface area contributed by atoms with Crippen molar-refractivity contribution in [1.82, 2.24) is 5.32 Å². The van der Waals surface area contributed by atoms with Crippen molar-refractivity contribution in [2.24, 2.45) is 5.73 Å². The zero-order valence-electron chi connectivity index (χ0n) is 14.3. The van der Waals surface area contributed by atoms with Gasteiger partial charge in [0.25, 0.3) is 0 Å². The molecule has 5 nitrogen and oxygen atoms in total. The Labute approximate surface area is 142 Å². The van der Waals surface area contributed by atoms with E-state index in [1.54, 1.807) is 0 Å². The third kappa shape index (κ3) is 4.43. The van der Waals surface area contributed by atoms with Crippen molar-refractivity contribution >= 4 is 17.5 Å². The summed E-state index contributed by atoms with van der Waals surface area (Å²) in [7, 11) is 0. The Hall–Kier alpha value is -2.66. The third-order valence-corrected chi connectivity index (χ3v) is 3.80.